The van der Waals surface area contributed by atoms with Crippen LogP contribution in [0.1, 0.15) is 65.0 Å². The maximum atomic E-state index is 12.8. The lowest BCUT2D eigenvalue weighted by Crippen LogP contribution is -2.62. The van der Waals surface area contributed by atoms with Crippen molar-refractivity contribution in [2.75, 3.05) is 6.61 Å². The number of ether oxygens (including phenoxy) is 2. The zero-order valence-corrected chi connectivity index (χ0v) is 20.6. The van der Waals surface area contributed by atoms with Crippen LogP contribution in [0.2, 0.25) is 0 Å². The number of esters is 1. The number of carboxylic acids is 1. The van der Waals surface area contributed by atoms with Crippen LogP contribution < -0.4 is 5.32 Å². The minimum atomic E-state index is -1.77. The van der Waals surface area contributed by atoms with Crippen molar-refractivity contribution < 1.29 is 29.0 Å². The highest BCUT2D eigenvalue weighted by molar-refractivity contribution is 5.86. The van der Waals surface area contributed by atoms with Gasteiger partial charge < -0.3 is 19.9 Å². The molecule has 1 aliphatic carbocycles. The molecule has 3 rings (SSSR count). The fraction of sp³-hybridized carbons (Fsp3) is 0.444. The van der Waals surface area contributed by atoms with Crippen molar-refractivity contribution in [2.45, 2.75) is 65.0 Å². The van der Waals surface area contributed by atoms with Crippen LogP contribution in [0.5, 0.6) is 0 Å². The van der Waals surface area contributed by atoms with Crippen LogP contribution in [-0.4, -0.2) is 40.9 Å². The molecule has 2 aromatic rings. The van der Waals surface area contributed by atoms with E-state index in [2.05, 4.69) is 5.32 Å². The highest BCUT2D eigenvalue weighted by Crippen LogP contribution is 2.44. The van der Waals surface area contributed by atoms with Gasteiger partial charge in [0.25, 0.3) is 0 Å². The second-order valence-electron chi connectivity index (χ2n) is 10.5. The molecule has 0 aliphatic heterocycles. The van der Waals surface area contributed by atoms with Gasteiger partial charge in [-0.2, -0.15) is 0 Å². The largest absolute Gasteiger partial charge is 0.479 e. The third kappa shape index (κ3) is 5.08. The Kier molecular flexibility index (Phi) is 6.78. The van der Waals surface area contributed by atoms with Gasteiger partial charge in [0, 0.05) is 11.3 Å². The summed E-state index contributed by atoms with van der Waals surface area (Å²) in [6.07, 6.45) is -1.06. The number of nitrogens with one attached hydrogen (secondary N) is 1. The molecule has 34 heavy (non-hydrogen) atoms. The van der Waals surface area contributed by atoms with Crippen molar-refractivity contribution in [3.63, 3.8) is 0 Å². The minimum Gasteiger partial charge on any atom is -0.479 e. The maximum absolute atomic E-state index is 12.8. The summed E-state index contributed by atoms with van der Waals surface area (Å²) in [7, 11) is 0. The van der Waals surface area contributed by atoms with E-state index in [1.54, 1.807) is 34.6 Å². The Morgan fingerprint density at radius 1 is 0.882 bits per heavy atom. The molecule has 0 saturated heterocycles. The van der Waals surface area contributed by atoms with E-state index in [4.69, 9.17) is 9.47 Å². The van der Waals surface area contributed by atoms with Crippen molar-refractivity contribution >= 4 is 18.0 Å². The van der Waals surface area contributed by atoms with Crippen LogP contribution in [0.3, 0.4) is 0 Å². The number of benzene rings is 2. The monoisotopic (exact) mass is 467 g/mol. The van der Waals surface area contributed by atoms with Crippen LogP contribution in [0.25, 0.3) is 11.1 Å². The summed E-state index contributed by atoms with van der Waals surface area (Å²) in [6, 6.07) is 15.9. The normalized spacial score (nSPS) is 15.0. The van der Waals surface area contributed by atoms with Crippen LogP contribution in [0.15, 0.2) is 48.5 Å². The predicted octanol–water partition coefficient (Wildman–Crippen LogP) is 5.13. The molecule has 0 heterocycles. The molecular weight excluding hydrogens is 434 g/mol. The van der Waals surface area contributed by atoms with Crippen LogP contribution >= 0.6 is 0 Å². The molecule has 182 valence electrons. The van der Waals surface area contributed by atoms with Crippen molar-refractivity contribution in [3.8, 4) is 11.1 Å². The van der Waals surface area contributed by atoms with Crippen molar-refractivity contribution in [1.82, 2.24) is 5.32 Å². The Bertz CT molecular complexity index is 1050. The molecule has 2 N–H and O–H groups in total. The Morgan fingerprint density at radius 3 is 1.85 bits per heavy atom. The molecule has 0 saturated carbocycles. The number of carbonyl (C=O) groups excluding carboxylic acids is 2. The van der Waals surface area contributed by atoms with Gasteiger partial charge in [-0.3, -0.25) is 4.79 Å². The third-order valence-corrected chi connectivity index (χ3v) is 6.48. The van der Waals surface area contributed by atoms with E-state index in [1.807, 2.05) is 48.5 Å². The average Bonchev–Trinajstić information content (AvgIpc) is 3.04. The van der Waals surface area contributed by atoms with E-state index in [0.717, 1.165) is 22.3 Å². The molecule has 1 unspecified atom stereocenters. The first kappa shape index (κ1) is 25.3. The summed E-state index contributed by atoms with van der Waals surface area (Å²) in [4.78, 5) is 37.4. The molecule has 1 atom stereocenters. The standard InChI is InChI=1S/C27H33NO6/c1-25(2,3)34-22(29)15-26(4,5)27(6,23(30)31)28-24(32)33-16-21-19-13-9-7-11-17(19)18-12-8-10-14-20(18)21/h7-14,21H,15-16H2,1-6H3,(H,28,32)(H,30,31). The first-order valence-corrected chi connectivity index (χ1v) is 11.3. The van der Waals surface area contributed by atoms with Gasteiger partial charge in [-0.15, -0.1) is 0 Å². The summed E-state index contributed by atoms with van der Waals surface area (Å²) in [5.41, 5.74) is 0.680. The topological polar surface area (TPSA) is 102 Å². The lowest BCUT2D eigenvalue weighted by Gasteiger charge is -2.40. The van der Waals surface area contributed by atoms with Gasteiger partial charge in [-0.1, -0.05) is 62.4 Å². The van der Waals surface area contributed by atoms with Gasteiger partial charge in [-0.25, -0.2) is 9.59 Å². The van der Waals surface area contributed by atoms with E-state index >= 15 is 0 Å². The number of carbonyl (C=O) groups is 3. The predicted molar refractivity (Wildman–Crippen MR) is 128 cm³/mol. The molecule has 0 spiro atoms. The fourth-order valence-electron chi connectivity index (χ4n) is 4.27. The zero-order valence-electron chi connectivity index (χ0n) is 20.6. The lowest BCUT2D eigenvalue weighted by atomic mass is 9.71. The number of carboxylic acid groups (broad SMARTS) is 1. The number of fused-ring (bicyclic) bond motifs is 3. The van der Waals surface area contributed by atoms with E-state index in [9.17, 15) is 19.5 Å². The minimum absolute atomic E-state index is 0.0576. The molecule has 0 radical (unpaired) electrons. The van der Waals surface area contributed by atoms with Gasteiger partial charge in [-0.05, 0) is 49.9 Å². The SMILES string of the molecule is CC(C)(C)OC(=O)CC(C)(C)C(C)(NC(=O)OCC1c2ccccc2-c2ccccc21)C(=O)O. The van der Waals surface area contributed by atoms with Crippen LogP contribution in [-0.2, 0) is 19.1 Å². The molecule has 0 bridgehead atoms. The van der Waals surface area contributed by atoms with Crippen LogP contribution in [0.4, 0.5) is 4.79 Å². The highest BCUT2D eigenvalue weighted by Gasteiger charge is 2.50. The summed E-state index contributed by atoms with van der Waals surface area (Å²) in [5, 5.41) is 12.5. The second kappa shape index (κ2) is 9.12. The molecule has 0 fully saturated rings. The summed E-state index contributed by atoms with van der Waals surface area (Å²) >= 11 is 0. The van der Waals surface area contributed by atoms with Gasteiger partial charge >= 0.3 is 18.0 Å². The number of amides is 1. The molecule has 1 aliphatic rings. The summed E-state index contributed by atoms with van der Waals surface area (Å²) in [6.45, 7) is 9.86. The number of hydrogen-bond donors (Lipinski definition) is 2. The van der Waals surface area contributed by atoms with Gasteiger partial charge in [0.1, 0.15) is 17.7 Å². The number of hydrogen-bond acceptors (Lipinski definition) is 5. The average molecular weight is 468 g/mol. The molecule has 7 heteroatoms. The van der Waals surface area contributed by atoms with E-state index in [-0.39, 0.29) is 18.9 Å². The van der Waals surface area contributed by atoms with E-state index in [0.29, 0.717) is 0 Å². The fourth-order valence-corrected chi connectivity index (χ4v) is 4.27. The van der Waals surface area contributed by atoms with E-state index < -0.39 is 34.6 Å². The first-order chi connectivity index (χ1) is 15.7. The quantitative estimate of drug-likeness (QED) is 0.548. The zero-order chi connectivity index (χ0) is 25.3. The molecular formula is C27H33NO6. The van der Waals surface area contributed by atoms with Crippen molar-refractivity contribution in [2.24, 2.45) is 5.41 Å². The smallest absolute Gasteiger partial charge is 0.408 e. The van der Waals surface area contributed by atoms with Gasteiger partial charge in [0.2, 0.25) is 0 Å². The molecule has 2 aromatic carbocycles. The molecule has 0 aromatic heterocycles. The second-order valence-corrected chi connectivity index (χ2v) is 10.5. The number of rotatable bonds is 7. The van der Waals surface area contributed by atoms with Gasteiger partial charge in [0.05, 0.1) is 6.42 Å². The summed E-state index contributed by atoms with van der Waals surface area (Å²) < 4.78 is 10.9. The molecule has 1 amide bonds. The Morgan fingerprint density at radius 2 is 1.38 bits per heavy atom. The maximum Gasteiger partial charge on any atom is 0.408 e. The number of alkyl carbamates (subject to hydrolysis) is 1. The van der Waals surface area contributed by atoms with Crippen LogP contribution in [0, 0.1) is 5.41 Å². The van der Waals surface area contributed by atoms with E-state index in [1.165, 1.54) is 6.92 Å². The van der Waals surface area contributed by atoms with Crippen molar-refractivity contribution in [3.05, 3.63) is 59.7 Å². The van der Waals surface area contributed by atoms with Crippen molar-refractivity contribution in [1.29, 1.82) is 0 Å². The molecule has 7 nitrogen and oxygen atoms in total. The van der Waals surface area contributed by atoms with Gasteiger partial charge in [0.15, 0.2) is 0 Å². The third-order valence-electron chi connectivity index (χ3n) is 6.48. The highest BCUT2D eigenvalue weighted by atomic mass is 16.6. The Labute approximate surface area is 200 Å². The Balaban J connectivity index is 1.73. The summed E-state index contributed by atoms with van der Waals surface area (Å²) in [5.74, 6) is -1.96. The Hall–Kier alpha value is -3.35. The lowest BCUT2D eigenvalue weighted by molar-refractivity contribution is -0.161. The number of aliphatic carboxylic acids is 1. The first-order valence-electron chi connectivity index (χ1n) is 11.3.